The van der Waals surface area contributed by atoms with Crippen LogP contribution in [0.4, 0.5) is 0 Å². The van der Waals surface area contributed by atoms with Gasteiger partial charge in [-0.15, -0.1) is 34.9 Å². The molecule has 133 valence electrons. The molecule has 2 rings (SSSR count). The SMILES string of the molecule is Cc1cc(C(C)C)c[c-]c1-c1cc(C(C)C)c([Si](C)(C)C)cn1.[Ir]. The number of hydrogen-bond donors (Lipinski definition) is 0. The summed E-state index contributed by atoms with van der Waals surface area (Å²) in [5.41, 5.74) is 6.25. The largest absolute Gasteiger partial charge is 0.305 e. The molecule has 0 bridgehead atoms. The molecule has 0 N–H and O–H groups in total. The van der Waals surface area contributed by atoms with Crippen LogP contribution in [0.3, 0.4) is 0 Å². The fourth-order valence-corrected chi connectivity index (χ4v) is 4.63. The van der Waals surface area contributed by atoms with Crippen molar-refractivity contribution >= 4 is 13.3 Å². The van der Waals surface area contributed by atoms with Gasteiger partial charge in [0, 0.05) is 26.3 Å². The normalized spacial score (nSPS) is 11.8. The van der Waals surface area contributed by atoms with Crippen molar-refractivity contribution in [1.29, 1.82) is 0 Å². The summed E-state index contributed by atoms with van der Waals surface area (Å²) in [6.45, 7) is 18.3. The van der Waals surface area contributed by atoms with Gasteiger partial charge in [0.2, 0.25) is 0 Å². The zero-order valence-electron chi connectivity index (χ0n) is 16.2. The van der Waals surface area contributed by atoms with E-state index < -0.39 is 8.07 Å². The van der Waals surface area contributed by atoms with Crippen molar-refractivity contribution in [2.45, 2.75) is 66.1 Å². The van der Waals surface area contributed by atoms with Crippen molar-refractivity contribution in [2.24, 2.45) is 0 Å². The quantitative estimate of drug-likeness (QED) is 0.378. The minimum Gasteiger partial charge on any atom is -0.305 e. The van der Waals surface area contributed by atoms with Crippen molar-refractivity contribution in [3.63, 3.8) is 0 Å². The molecule has 0 amide bonds. The van der Waals surface area contributed by atoms with Gasteiger partial charge in [-0.3, -0.25) is 0 Å². The first kappa shape index (κ1) is 21.3. The van der Waals surface area contributed by atoms with Crippen molar-refractivity contribution < 1.29 is 20.1 Å². The summed E-state index contributed by atoms with van der Waals surface area (Å²) in [6, 6.07) is 10.2. The summed E-state index contributed by atoms with van der Waals surface area (Å²) >= 11 is 0. The van der Waals surface area contributed by atoms with E-state index in [9.17, 15) is 0 Å². The van der Waals surface area contributed by atoms with E-state index in [2.05, 4.69) is 84.7 Å². The second-order valence-corrected chi connectivity index (χ2v) is 13.2. The summed E-state index contributed by atoms with van der Waals surface area (Å²) in [4.78, 5) is 4.80. The smallest absolute Gasteiger partial charge is 0.0799 e. The maximum atomic E-state index is 4.80. The second kappa shape index (κ2) is 8.08. The fraction of sp³-hybridized carbons (Fsp3) is 0.476. The third-order valence-corrected chi connectivity index (χ3v) is 6.48. The molecular formula is C21H30IrNSi-. The molecule has 2 aromatic rings. The van der Waals surface area contributed by atoms with E-state index >= 15 is 0 Å². The number of pyridine rings is 1. The van der Waals surface area contributed by atoms with Gasteiger partial charge in [-0.2, -0.15) is 0 Å². The summed E-state index contributed by atoms with van der Waals surface area (Å²) in [6.07, 6.45) is 2.13. The van der Waals surface area contributed by atoms with Gasteiger partial charge in [-0.25, -0.2) is 0 Å². The molecule has 1 aromatic carbocycles. The molecule has 0 saturated carbocycles. The minimum atomic E-state index is -1.37. The Balaban J connectivity index is 0.00000288. The minimum absolute atomic E-state index is 0. The van der Waals surface area contributed by atoms with E-state index in [-0.39, 0.29) is 20.1 Å². The third-order valence-electron chi connectivity index (χ3n) is 4.45. The molecule has 0 aliphatic carbocycles. The number of rotatable bonds is 4. The number of aromatic nitrogens is 1. The monoisotopic (exact) mass is 517 g/mol. The van der Waals surface area contributed by atoms with E-state index in [0.717, 1.165) is 11.3 Å². The molecule has 1 heterocycles. The average molecular weight is 517 g/mol. The van der Waals surface area contributed by atoms with E-state index in [0.29, 0.717) is 11.8 Å². The predicted octanol–water partition coefficient (Wildman–Crippen LogP) is 5.65. The molecule has 3 heteroatoms. The van der Waals surface area contributed by atoms with Gasteiger partial charge >= 0.3 is 0 Å². The molecule has 0 atom stereocenters. The van der Waals surface area contributed by atoms with Gasteiger partial charge in [-0.05, 0) is 16.8 Å². The zero-order valence-corrected chi connectivity index (χ0v) is 19.6. The van der Waals surface area contributed by atoms with Crippen molar-refractivity contribution in [1.82, 2.24) is 4.98 Å². The first-order valence-corrected chi connectivity index (χ1v) is 12.1. The summed E-state index contributed by atoms with van der Waals surface area (Å²) < 4.78 is 0. The Labute approximate surface area is 162 Å². The van der Waals surface area contributed by atoms with E-state index in [4.69, 9.17) is 4.98 Å². The van der Waals surface area contributed by atoms with Gasteiger partial charge in [-0.1, -0.05) is 71.8 Å². The van der Waals surface area contributed by atoms with Gasteiger partial charge in [0.1, 0.15) is 0 Å². The number of nitrogens with zero attached hydrogens (tertiary/aromatic N) is 1. The molecule has 24 heavy (non-hydrogen) atoms. The second-order valence-electron chi connectivity index (χ2n) is 8.21. The Morgan fingerprint density at radius 1 is 1.00 bits per heavy atom. The van der Waals surface area contributed by atoms with Crippen molar-refractivity contribution in [3.8, 4) is 11.3 Å². The van der Waals surface area contributed by atoms with E-state index in [1.54, 1.807) is 0 Å². The maximum absolute atomic E-state index is 4.80. The van der Waals surface area contributed by atoms with Crippen LogP contribution in [0.2, 0.25) is 19.6 Å². The predicted molar refractivity (Wildman–Crippen MR) is 104 cm³/mol. The van der Waals surface area contributed by atoms with Crippen LogP contribution in [0.25, 0.3) is 11.3 Å². The number of aryl methyl sites for hydroxylation is 1. The molecule has 0 aliphatic heterocycles. The standard InChI is InChI=1S/C21H30NSi.Ir/c1-14(2)17-9-10-18(16(5)11-17)20-12-19(15(3)4)21(13-22-20)23(6,7)8;/h9,11-15H,1-8H3;/q-1;. The molecular weight excluding hydrogens is 487 g/mol. The van der Waals surface area contributed by atoms with Gasteiger partial charge in [0.05, 0.1) is 8.07 Å². The van der Waals surface area contributed by atoms with Crippen LogP contribution < -0.4 is 5.19 Å². The summed E-state index contributed by atoms with van der Waals surface area (Å²) in [5.74, 6) is 1.06. The Morgan fingerprint density at radius 3 is 2.08 bits per heavy atom. The molecule has 0 saturated heterocycles. The Hall–Kier alpha value is -0.764. The Bertz CT molecular complexity index is 699. The third kappa shape index (κ3) is 4.65. The summed E-state index contributed by atoms with van der Waals surface area (Å²) in [5, 5.41) is 1.48. The molecule has 0 fully saturated rings. The topological polar surface area (TPSA) is 12.9 Å². The average Bonchev–Trinajstić information content (AvgIpc) is 2.45. The van der Waals surface area contributed by atoms with Crippen molar-refractivity contribution in [2.75, 3.05) is 0 Å². The Kier molecular flexibility index (Phi) is 7.16. The van der Waals surface area contributed by atoms with E-state index in [1.807, 2.05) is 0 Å². The zero-order chi connectivity index (χ0) is 17.4. The first-order valence-electron chi connectivity index (χ1n) is 8.64. The number of hydrogen-bond acceptors (Lipinski definition) is 1. The van der Waals surface area contributed by atoms with Crippen LogP contribution in [-0.2, 0) is 20.1 Å². The molecule has 1 radical (unpaired) electrons. The maximum Gasteiger partial charge on any atom is 0.0799 e. The van der Waals surface area contributed by atoms with Crippen LogP contribution >= 0.6 is 0 Å². The van der Waals surface area contributed by atoms with Crippen LogP contribution in [0.1, 0.15) is 56.2 Å². The van der Waals surface area contributed by atoms with Crippen LogP contribution in [0.5, 0.6) is 0 Å². The summed E-state index contributed by atoms with van der Waals surface area (Å²) in [7, 11) is -1.37. The fourth-order valence-electron chi connectivity index (χ4n) is 2.95. The van der Waals surface area contributed by atoms with Gasteiger partial charge in [0.15, 0.2) is 0 Å². The van der Waals surface area contributed by atoms with Crippen LogP contribution in [-0.4, -0.2) is 13.1 Å². The first-order chi connectivity index (χ1) is 10.6. The van der Waals surface area contributed by atoms with E-state index in [1.165, 1.54) is 21.9 Å². The number of benzene rings is 1. The van der Waals surface area contributed by atoms with Gasteiger partial charge in [0.25, 0.3) is 0 Å². The molecule has 0 spiro atoms. The molecule has 0 unspecified atom stereocenters. The Morgan fingerprint density at radius 2 is 1.62 bits per heavy atom. The van der Waals surface area contributed by atoms with Crippen LogP contribution in [0, 0.1) is 13.0 Å². The van der Waals surface area contributed by atoms with Gasteiger partial charge < -0.3 is 4.98 Å². The molecule has 0 aliphatic rings. The van der Waals surface area contributed by atoms with Crippen LogP contribution in [0.15, 0.2) is 24.4 Å². The molecule has 1 aromatic heterocycles. The van der Waals surface area contributed by atoms with Crippen molar-refractivity contribution in [3.05, 3.63) is 47.2 Å². The molecule has 1 nitrogen and oxygen atoms in total.